The smallest absolute Gasteiger partial charge is 0.240 e. The molecule has 168 valence electrons. The molecule has 0 atom stereocenters. The van der Waals surface area contributed by atoms with Gasteiger partial charge in [-0.3, -0.25) is 9.10 Å². The molecule has 3 aromatic rings. The van der Waals surface area contributed by atoms with E-state index in [1.165, 1.54) is 24.3 Å². The highest BCUT2D eigenvalue weighted by Gasteiger charge is 2.20. The van der Waals surface area contributed by atoms with Crippen molar-refractivity contribution in [2.45, 2.75) is 0 Å². The number of para-hydroxylation sites is 1. The van der Waals surface area contributed by atoms with Crippen LogP contribution in [-0.4, -0.2) is 40.3 Å². The van der Waals surface area contributed by atoms with Crippen LogP contribution in [0, 0.1) is 5.82 Å². The number of anilines is 1. The van der Waals surface area contributed by atoms with E-state index in [1.807, 2.05) is 18.2 Å². The van der Waals surface area contributed by atoms with Crippen molar-refractivity contribution >= 4 is 21.6 Å². The van der Waals surface area contributed by atoms with E-state index in [2.05, 4.69) is 5.32 Å². The fraction of sp³-hybridized carbons (Fsp3) is 0.174. The standard InChI is InChI=1S/C23H23FN2O5S/c1-32(28,29)26(17-23(27)25-15-16-30-20-11-7-18(24)8-12-20)19-9-13-22(14-10-19)31-21-5-3-2-4-6-21/h2-14H,15-17H2,1H3,(H,25,27). The summed E-state index contributed by atoms with van der Waals surface area (Å²) in [5, 5.41) is 2.61. The second-order valence-corrected chi connectivity index (χ2v) is 8.74. The lowest BCUT2D eigenvalue weighted by molar-refractivity contribution is -0.119. The summed E-state index contributed by atoms with van der Waals surface area (Å²) in [7, 11) is -3.70. The van der Waals surface area contributed by atoms with Crippen molar-refractivity contribution in [2.75, 3.05) is 30.3 Å². The minimum absolute atomic E-state index is 0.155. The van der Waals surface area contributed by atoms with Gasteiger partial charge in [-0.1, -0.05) is 18.2 Å². The second kappa shape index (κ2) is 10.6. The molecule has 7 nitrogen and oxygen atoms in total. The number of nitrogens with zero attached hydrogens (tertiary/aromatic N) is 1. The third-order valence-corrected chi connectivity index (χ3v) is 5.44. The minimum Gasteiger partial charge on any atom is -0.492 e. The van der Waals surface area contributed by atoms with Gasteiger partial charge in [0.25, 0.3) is 0 Å². The number of carbonyl (C=O) groups is 1. The van der Waals surface area contributed by atoms with Gasteiger partial charge in [-0.2, -0.15) is 0 Å². The molecule has 0 bridgehead atoms. The Labute approximate surface area is 186 Å². The first-order chi connectivity index (χ1) is 15.3. The van der Waals surface area contributed by atoms with Gasteiger partial charge in [0.1, 0.15) is 36.2 Å². The minimum atomic E-state index is -3.70. The molecule has 1 N–H and O–H groups in total. The van der Waals surface area contributed by atoms with E-state index in [-0.39, 0.29) is 25.5 Å². The molecule has 0 aliphatic heterocycles. The van der Waals surface area contributed by atoms with E-state index in [0.717, 1.165) is 10.6 Å². The highest BCUT2D eigenvalue weighted by molar-refractivity contribution is 7.92. The van der Waals surface area contributed by atoms with Crippen LogP contribution in [0.25, 0.3) is 0 Å². The number of carbonyl (C=O) groups excluding carboxylic acids is 1. The van der Waals surface area contributed by atoms with Crippen molar-refractivity contribution in [1.82, 2.24) is 5.32 Å². The van der Waals surface area contributed by atoms with E-state index < -0.39 is 15.9 Å². The zero-order chi connectivity index (χ0) is 23.0. The number of amides is 1. The number of benzene rings is 3. The van der Waals surface area contributed by atoms with Gasteiger partial charge in [0.2, 0.25) is 15.9 Å². The maximum Gasteiger partial charge on any atom is 0.240 e. The average molecular weight is 459 g/mol. The number of ether oxygens (including phenoxy) is 2. The molecular weight excluding hydrogens is 435 g/mol. The molecule has 1 amide bonds. The maximum absolute atomic E-state index is 12.9. The van der Waals surface area contributed by atoms with E-state index in [4.69, 9.17) is 9.47 Å². The lowest BCUT2D eigenvalue weighted by atomic mass is 10.3. The van der Waals surface area contributed by atoms with Crippen LogP contribution in [0.4, 0.5) is 10.1 Å². The first kappa shape index (κ1) is 23.1. The highest BCUT2D eigenvalue weighted by Crippen LogP contribution is 2.25. The van der Waals surface area contributed by atoms with Crippen LogP contribution in [0.3, 0.4) is 0 Å². The fourth-order valence-electron chi connectivity index (χ4n) is 2.78. The van der Waals surface area contributed by atoms with Crippen molar-refractivity contribution in [2.24, 2.45) is 0 Å². The molecule has 0 fully saturated rings. The molecule has 32 heavy (non-hydrogen) atoms. The van der Waals surface area contributed by atoms with Crippen molar-refractivity contribution in [3.05, 3.63) is 84.7 Å². The number of nitrogens with one attached hydrogen (secondary N) is 1. The topological polar surface area (TPSA) is 84.9 Å². The van der Waals surface area contributed by atoms with Crippen molar-refractivity contribution in [3.63, 3.8) is 0 Å². The molecule has 0 aliphatic carbocycles. The van der Waals surface area contributed by atoms with Gasteiger partial charge in [-0.25, -0.2) is 12.8 Å². The Hall–Kier alpha value is -3.59. The monoisotopic (exact) mass is 458 g/mol. The Morgan fingerprint density at radius 1 is 0.906 bits per heavy atom. The van der Waals surface area contributed by atoms with Gasteiger partial charge in [0.05, 0.1) is 18.5 Å². The summed E-state index contributed by atoms with van der Waals surface area (Å²) in [5.74, 6) is 0.809. The van der Waals surface area contributed by atoms with Gasteiger partial charge in [-0.05, 0) is 60.7 Å². The quantitative estimate of drug-likeness (QED) is 0.470. The van der Waals surface area contributed by atoms with Crippen LogP contribution in [-0.2, 0) is 14.8 Å². The van der Waals surface area contributed by atoms with Crippen molar-refractivity contribution in [1.29, 1.82) is 0 Å². The van der Waals surface area contributed by atoms with Gasteiger partial charge >= 0.3 is 0 Å². The highest BCUT2D eigenvalue weighted by atomic mass is 32.2. The molecule has 0 heterocycles. The molecule has 3 rings (SSSR count). The van der Waals surface area contributed by atoms with Crippen LogP contribution in [0.1, 0.15) is 0 Å². The summed E-state index contributed by atoms with van der Waals surface area (Å²) in [5.41, 5.74) is 0.339. The largest absolute Gasteiger partial charge is 0.492 e. The number of sulfonamides is 1. The van der Waals surface area contributed by atoms with Gasteiger partial charge in [-0.15, -0.1) is 0 Å². The van der Waals surface area contributed by atoms with Crippen LogP contribution in [0.2, 0.25) is 0 Å². The van der Waals surface area contributed by atoms with Crippen molar-refractivity contribution < 1.29 is 27.1 Å². The van der Waals surface area contributed by atoms with Crippen molar-refractivity contribution in [3.8, 4) is 17.2 Å². The van der Waals surface area contributed by atoms with Gasteiger partial charge < -0.3 is 14.8 Å². The van der Waals surface area contributed by atoms with Crippen LogP contribution in [0.15, 0.2) is 78.9 Å². The fourth-order valence-corrected chi connectivity index (χ4v) is 3.64. The molecule has 3 aromatic carbocycles. The van der Waals surface area contributed by atoms with Gasteiger partial charge in [0, 0.05) is 0 Å². The van der Waals surface area contributed by atoms with E-state index in [9.17, 15) is 17.6 Å². The summed E-state index contributed by atoms with van der Waals surface area (Å²) < 4.78 is 49.5. The molecule has 0 spiro atoms. The summed E-state index contributed by atoms with van der Waals surface area (Å²) in [6, 6.07) is 21.1. The zero-order valence-corrected chi connectivity index (χ0v) is 18.2. The Balaban J connectivity index is 1.55. The summed E-state index contributed by atoms with van der Waals surface area (Å²) in [6.45, 7) is -0.0618. The molecular formula is C23H23FN2O5S. The first-order valence-corrected chi connectivity index (χ1v) is 11.6. The number of hydrogen-bond donors (Lipinski definition) is 1. The Morgan fingerprint density at radius 3 is 2.12 bits per heavy atom. The van der Waals surface area contributed by atoms with Crippen LogP contribution < -0.4 is 19.1 Å². The maximum atomic E-state index is 12.9. The summed E-state index contributed by atoms with van der Waals surface area (Å²) >= 11 is 0. The number of hydrogen-bond acceptors (Lipinski definition) is 5. The lowest BCUT2D eigenvalue weighted by Gasteiger charge is -2.22. The zero-order valence-electron chi connectivity index (χ0n) is 17.4. The summed E-state index contributed by atoms with van der Waals surface area (Å²) in [6.07, 6.45) is 1.03. The Morgan fingerprint density at radius 2 is 1.50 bits per heavy atom. The Bertz CT molecular complexity index is 1120. The predicted molar refractivity (Wildman–Crippen MR) is 120 cm³/mol. The lowest BCUT2D eigenvalue weighted by Crippen LogP contribution is -2.41. The van der Waals surface area contributed by atoms with Gasteiger partial charge in [0.15, 0.2) is 0 Å². The molecule has 0 unspecified atom stereocenters. The third kappa shape index (κ3) is 6.98. The second-order valence-electron chi connectivity index (χ2n) is 6.83. The van der Waals surface area contributed by atoms with Crippen LogP contribution in [0.5, 0.6) is 17.2 Å². The molecule has 0 aromatic heterocycles. The number of halogens is 1. The summed E-state index contributed by atoms with van der Waals surface area (Å²) in [4.78, 5) is 12.3. The SMILES string of the molecule is CS(=O)(=O)N(CC(=O)NCCOc1ccc(F)cc1)c1ccc(Oc2ccccc2)cc1. The number of rotatable bonds is 10. The average Bonchev–Trinajstić information content (AvgIpc) is 2.77. The molecule has 0 aliphatic rings. The molecule has 9 heteroatoms. The normalized spacial score (nSPS) is 10.9. The van der Waals surface area contributed by atoms with E-state index in [1.54, 1.807) is 36.4 Å². The molecule has 0 saturated carbocycles. The predicted octanol–water partition coefficient (Wildman–Crippen LogP) is 3.58. The van der Waals surface area contributed by atoms with E-state index >= 15 is 0 Å². The first-order valence-electron chi connectivity index (χ1n) is 9.77. The van der Waals surface area contributed by atoms with Crippen LogP contribution >= 0.6 is 0 Å². The molecule has 0 saturated heterocycles. The Kier molecular flexibility index (Phi) is 7.67. The molecule has 0 radical (unpaired) electrons. The third-order valence-electron chi connectivity index (χ3n) is 4.30. The van der Waals surface area contributed by atoms with E-state index in [0.29, 0.717) is 22.9 Å².